The summed E-state index contributed by atoms with van der Waals surface area (Å²) in [6.45, 7) is 3.97. The number of carbonyl (C=O) groups is 1. The molecule has 0 atom stereocenters. The van der Waals surface area contributed by atoms with Crippen LogP contribution in [0.15, 0.2) is 35.9 Å². The SMILES string of the molecule is C=C(Cl)CNC(=O)/C=C/c1ccc2c(c1)OCO2. The van der Waals surface area contributed by atoms with Crippen molar-refractivity contribution in [3.05, 3.63) is 41.4 Å². The summed E-state index contributed by atoms with van der Waals surface area (Å²) in [5.74, 6) is 1.18. The molecule has 0 radical (unpaired) electrons. The maximum Gasteiger partial charge on any atom is 0.244 e. The van der Waals surface area contributed by atoms with Crippen molar-refractivity contribution < 1.29 is 14.3 Å². The van der Waals surface area contributed by atoms with Gasteiger partial charge >= 0.3 is 0 Å². The van der Waals surface area contributed by atoms with Crippen molar-refractivity contribution in [2.45, 2.75) is 0 Å². The quantitative estimate of drug-likeness (QED) is 0.850. The molecule has 0 unspecified atom stereocenters. The second kappa shape index (κ2) is 5.60. The summed E-state index contributed by atoms with van der Waals surface area (Å²) in [7, 11) is 0. The van der Waals surface area contributed by atoms with Gasteiger partial charge in [-0.1, -0.05) is 24.2 Å². The number of ether oxygens (including phenoxy) is 2. The fourth-order valence-electron chi connectivity index (χ4n) is 1.43. The van der Waals surface area contributed by atoms with Gasteiger partial charge in [0.25, 0.3) is 0 Å². The van der Waals surface area contributed by atoms with E-state index >= 15 is 0 Å². The zero-order valence-corrected chi connectivity index (χ0v) is 10.4. The van der Waals surface area contributed by atoms with Crippen LogP contribution in [-0.4, -0.2) is 19.2 Å². The first-order valence-electron chi connectivity index (χ1n) is 5.34. The van der Waals surface area contributed by atoms with Gasteiger partial charge in [-0.2, -0.15) is 0 Å². The van der Waals surface area contributed by atoms with E-state index in [0.29, 0.717) is 10.8 Å². The second-order valence-electron chi connectivity index (χ2n) is 3.68. The fraction of sp³-hybridized carbons (Fsp3) is 0.154. The molecule has 1 N–H and O–H groups in total. The van der Waals surface area contributed by atoms with Gasteiger partial charge < -0.3 is 14.8 Å². The first-order valence-corrected chi connectivity index (χ1v) is 5.72. The van der Waals surface area contributed by atoms with Crippen LogP contribution < -0.4 is 14.8 Å². The van der Waals surface area contributed by atoms with Gasteiger partial charge in [-0.15, -0.1) is 0 Å². The summed E-state index contributed by atoms with van der Waals surface area (Å²) in [6.07, 6.45) is 3.12. The van der Waals surface area contributed by atoms with Crippen LogP contribution in [0.1, 0.15) is 5.56 Å². The van der Waals surface area contributed by atoms with Crippen LogP contribution in [0.4, 0.5) is 0 Å². The minimum atomic E-state index is -0.227. The Hall–Kier alpha value is -1.94. The summed E-state index contributed by atoms with van der Waals surface area (Å²) in [5, 5.41) is 2.98. The first-order chi connectivity index (χ1) is 8.65. The van der Waals surface area contributed by atoms with Crippen molar-refractivity contribution in [3.8, 4) is 11.5 Å². The number of fused-ring (bicyclic) bond motifs is 1. The molecule has 1 heterocycles. The van der Waals surface area contributed by atoms with E-state index in [4.69, 9.17) is 21.1 Å². The summed E-state index contributed by atoms with van der Waals surface area (Å²) in [4.78, 5) is 11.4. The molecule has 0 bridgehead atoms. The van der Waals surface area contributed by atoms with Gasteiger partial charge in [0.2, 0.25) is 12.7 Å². The third kappa shape index (κ3) is 3.28. The molecule has 1 aromatic carbocycles. The van der Waals surface area contributed by atoms with Crippen molar-refractivity contribution in [1.29, 1.82) is 0 Å². The van der Waals surface area contributed by atoms with E-state index in [2.05, 4.69) is 11.9 Å². The standard InChI is InChI=1S/C13H12ClNO3/c1-9(14)7-15-13(16)5-3-10-2-4-11-12(6-10)18-8-17-11/h2-6H,1,7-8H2,(H,15,16)/b5-3+. The second-order valence-corrected chi connectivity index (χ2v) is 4.22. The molecule has 0 aliphatic carbocycles. The molecule has 0 saturated heterocycles. The Bertz CT molecular complexity index is 511. The lowest BCUT2D eigenvalue weighted by atomic mass is 10.2. The van der Waals surface area contributed by atoms with Crippen molar-refractivity contribution >= 4 is 23.6 Å². The van der Waals surface area contributed by atoms with E-state index in [9.17, 15) is 4.79 Å². The zero-order valence-electron chi connectivity index (χ0n) is 9.61. The van der Waals surface area contributed by atoms with Gasteiger partial charge in [-0.25, -0.2) is 0 Å². The van der Waals surface area contributed by atoms with E-state index in [1.165, 1.54) is 6.08 Å². The first kappa shape index (κ1) is 12.5. The predicted molar refractivity (Wildman–Crippen MR) is 69.6 cm³/mol. The Morgan fingerprint density at radius 1 is 1.44 bits per heavy atom. The maximum atomic E-state index is 11.4. The van der Waals surface area contributed by atoms with E-state index in [1.54, 1.807) is 12.1 Å². The molecule has 2 rings (SSSR count). The number of rotatable bonds is 4. The summed E-state index contributed by atoms with van der Waals surface area (Å²) in [5.41, 5.74) is 0.860. The summed E-state index contributed by atoms with van der Waals surface area (Å²) in [6, 6.07) is 5.46. The minimum absolute atomic E-state index is 0.227. The lowest BCUT2D eigenvalue weighted by Gasteiger charge is -1.99. The van der Waals surface area contributed by atoms with E-state index in [-0.39, 0.29) is 19.2 Å². The number of hydrogen-bond donors (Lipinski definition) is 1. The van der Waals surface area contributed by atoms with Crippen LogP contribution in [0, 0.1) is 0 Å². The average molecular weight is 266 g/mol. The maximum absolute atomic E-state index is 11.4. The number of benzene rings is 1. The van der Waals surface area contributed by atoms with Gasteiger partial charge in [0.05, 0.1) is 6.54 Å². The van der Waals surface area contributed by atoms with Crippen molar-refractivity contribution in [3.63, 3.8) is 0 Å². The molecular formula is C13H12ClNO3. The largest absolute Gasteiger partial charge is 0.454 e. The molecule has 0 fully saturated rings. The number of carbonyl (C=O) groups excluding carboxylic acids is 1. The van der Waals surface area contributed by atoms with Crippen molar-refractivity contribution in [2.75, 3.05) is 13.3 Å². The third-order valence-corrected chi connectivity index (χ3v) is 2.41. The molecule has 1 aromatic rings. The monoisotopic (exact) mass is 265 g/mol. The molecule has 1 amide bonds. The molecule has 0 aromatic heterocycles. The highest BCUT2D eigenvalue weighted by molar-refractivity contribution is 6.29. The lowest BCUT2D eigenvalue weighted by molar-refractivity contribution is -0.116. The summed E-state index contributed by atoms with van der Waals surface area (Å²) >= 11 is 5.54. The van der Waals surface area contributed by atoms with E-state index in [1.807, 2.05) is 12.1 Å². The normalized spacial score (nSPS) is 12.7. The highest BCUT2D eigenvalue weighted by Gasteiger charge is 2.12. The van der Waals surface area contributed by atoms with Crippen molar-refractivity contribution in [1.82, 2.24) is 5.32 Å². The molecule has 1 aliphatic rings. The molecular weight excluding hydrogens is 254 g/mol. The lowest BCUT2D eigenvalue weighted by Crippen LogP contribution is -2.21. The smallest absolute Gasteiger partial charge is 0.244 e. The molecule has 4 nitrogen and oxygen atoms in total. The van der Waals surface area contributed by atoms with Crippen LogP contribution in [0.5, 0.6) is 11.5 Å². The molecule has 1 aliphatic heterocycles. The third-order valence-electron chi connectivity index (χ3n) is 2.28. The van der Waals surface area contributed by atoms with Crippen molar-refractivity contribution in [2.24, 2.45) is 0 Å². The Kier molecular flexibility index (Phi) is 3.89. The molecule has 94 valence electrons. The molecule has 18 heavy (non-hydrogen) atoms. The Labute approximate surface area is 110 Å². The average Bonchev–Trinajstić information content (AvgIpc) is 2.81. The van der Waals surface area contributed by atoms with E-state index in [0.717, 1.165) is 11.3 Å². The van der Waals surface area contributed by atoms with Crippen LogP contribution in [-0.2, 0) is 4.79 Å². The molecule has 0 saturated carbocycles. The van der Waals surface area contributed by atoms with Crippen LogP contribution >= 0.6 is 11.6 Å². The number of halogens is 1. The minimum Gasteiger partial charge on any atom is -0.454 e. The number of hydrogen-bond acceptors (Lipinski definition) is 3. The highest BCUT2D eigenvalue weighted by atomic mass is 35.5. The van der Waals surface area contributed by atoms with E-state index < -0.39 is 0 Å². The van der Waals surface area contributed by atoms with Crippen LogP contribution in [0.2, 0.25) is 0 Å². The fourth-order valence-corrected chi connectivity index (χ4v) is 1.50. The Morgan fingerprint density at radius 3 is 3.00 bits per heavy atom. The zero-order chi connectivity index (χ0) is 13.0. The van der Waals surface area contributed by atoms with Gasteiger partial charge in [-0.05, 0) is 23.8 Å². The van der Waals surface area contributed by atoms with Gasteiger partial charge in [-0.3, -0.25) is 4.79 Å². The van der Waals surface area contributed by atoms with Gasteiger partial charge in [0, 0.05) is 11.1 Å². The molecule has 0 spiro atoms. The molecule has 5 heteroatoms. The number of amides is 1. The number of nitrogens with one attached hydrogen (secondary N) is 1. The van der Waals surface area contributed by atoms with Gasteiger partial charge in [0.1, 0.15) is 0 Å². The Morgan fingerprint density at radius 2 is 2.22 bits per heavy atom. The topological polar surface area (TPSA) is 47.6 Å². The predicted octanol–water partition coefficient (Wildman–Crippen LogP) is 2.30. The van der Waals surface area contributed by atoms with Gasteiger partial charge in [0.15, 0.2) is 11.5 Å². The van der Waals surface area contributed by atoms with Crippen LogP contribution in [0.3, 0.4) is 0 Å². The van der Waals surface area contributed by atoms with Crippen LogP contribution in [0.25, 0.3) is 6.08 Å². The Balaban J connectivity index is 1.96. The summed E-state index contributed by atoms with van der Waals surface area (Å²) < 4.78 is 10.4. The highest BCUT2D eigenvalue weighted by Crippen LogP contribution is 2.32.